The van der Waals surface area contributed by atoms with Crippen molar-refractivity contribution in [3.8, 4) is 0 Å². The van der Waals surface area contributed by atoms with Crippen LogP contribution < -0.4 is 4.70 Å². The molecule has 0 bridgehead atoms. The molecule has 4 heteroatoms. The molecular formula is C36H81FNSi2. The van der Waals surface area contributed by atoms with E-state index in [9.17, 15) is 0 Å². The normalized spacial score (nSPS) is 14.1. The van der Waals surface area contributed by atoms with Gasteiger partial charge in [-0.2, -0.15) is 0 Å². The average Bonchev–Trinajstić information content (AvgIpc) is 2.75. The molecule has 1 nitrogen and oxygen atoms in total. The van der Waals surface area contributed by atoms with E-state index in [1.807, 2.05) is 0 Å². The van der Waals surface area contributed by atoms with Gasteiger partial charge in [0, 0.05) is 0 Å². The highest BCUT2D eigenvalue weighted by atomic mass is 28.4. The second-order valence-electron chi connectivity index (χ2n) is 17.4. The summed E-state index contributed by atoms with van der Waals surface area (Å²) in [6.07, 6.45) is 11.1. The van der Waals surface area contributed by atoms with Crippen LogP contribution in [0.15, 0.2) is 0 Å². The first-order valence-electron chi connectivity index (χ1n) is 17.1. The molecule has 0 rings (SSSR count). The van der Waals surface area contributed by atoms with Gasteiger partial charge in [0.05, 0.1) is 42.3 Å². The van der Waals surface area contributed by atoms with E-state index in [-0.39, 0.29) is 4.70 Å². The highest BCUT2D eigenvalue weighted by Gasteiger charge is 2.69. The van der Waals surface area contributed by atoms with Crippen LogP contribution in [0.2, 0.25) is 40.9 Å². The summed E-state index contributed by atoms with van der Waals surface area (Å²) in [5.74, 6) is 1.69. The molecule has 0 aliphatic rings. The van der Waals surface area contributed by atoms with Gasteiger partial charge in [0.25, 0.3) is 0 Å². The Morgan fingerprint density at radius 3 is 0.850 bits per heavy atom. The highest BCUT2D eigenvalue weighted by Crippen LogP contribution is 2.72. The molecular weight excluding hydrogens is 522 g/mol. The van der Waals surface area contributed by atoms with Crippen molar-refractivity contribution in [1.29, 1.82) is 0 Å². The Balaban J connectivity index is -0.000000689. The van der Waals surface area contributed by atoms with Gasteiger partial charge in [-0.3, -0.25) is 0 Å². The van der Waals surface area contributed by atoms with Gasteiger partial charge < -0.3 is 9.19 Å². The summed E-state index contributed by atoms with van der Waals surface area (Å²) in [7, 11) is -3.21. The van der Waals surface area contributed by atoms with E-state index < -0.39 is 16.1 Å². The predicted molar refractivity (Wildman–Crippen MR) is 190 cm³/mol. The number of quaternary nitrogens is 1. The monoisotopic (exact) mass is 603 g/mol. The lowest BCUT2D eigenvalue weighted by molar-refractivity contribution is -0.929. The zero-order valence-electron chi connectivity index (χ0n) is 31.8. The van der Waals surface area contributed by atoms with Crippen molar-refractivity contribution in [2.24, 2.45) is 5.41 Å². The number of halogens is 1. The summed E-state index contributed by atoms with van der Waals surface area (Å²) in [6, 6.07) is 0. The van der Waals surface area contributed by atoms with Crippen LogP contribution in [0.4, 0.5) is 0 Å². The quantitative estimate of drug-likeness (QED) is 0.129. The van der Waals surface area contributed by atoms with E-state index in [1.165, 1.54) is 82.0 Å². The van der Waals surface area contributed by atoms with E-state index in [0.717, 1.165) is 0 Å². The van der Waals surface area contributed by atoms with Gasteiger partial charge in [0.2, 0.25) is 0 Å². The van der Waals surface area contributed by atoms with E-state index in [4.69, 9.17) is 0 Å². The maximum Gasteiger partial charge on any atom is 0.0786 e. The van der Waals surface area contributed by atoms with Crippen molar-refractivity contribution >= 4 is 16.1 Å². The molecule has 0 atom stereocenters. The van der Waals surface area contributed by atoms with Gasteiger partial charge >= 0.3 is 0 Å². The van der Waals surface area contributed by atoms with Gasteiger partial charge in [0.1, 0.15) is 0 Å². The van der Waals surface area contributed by atoms with Crippen molar-refractivity contribution in [3.05, 3.63) is 5.92 Å². The molecule has 0 saturated heterocycles. The van der Waals surface area contributed by atoms with E-state index in [0.29, 0.717) is 20.2 Å². The van der Waals surface area contributed by atoms with Gasteiger partial charge in [-0.1, -0.05) is 156 Å². The van der Waals surface area contributed by atoms with Crippen LogP contribution in [0, 0.1) is 11.3 Å². The Labute approximate surface area is 258 Å². The summed E-state index contributed by atoms with van der Waals surface area (Å²) in [6.45, 7) is 53.1. The van der Waals surface area contributed by atoms with E-state index >= 15 is 0 Å². The minimum Gasteiger partial charge on any atom is -1.00 e. The van der Waals surface area contributed by atoms with Gasteiger partial charge in [-0.25, -0.2) is 0 Å². The lowest BCUT2D eigenvalue weighted by Gasteiger charge is -2.70. The first-order chi connectivity index (χ1) is 17.4. The summed E-state index contributed by atoms with van der Waals surface area (Å²) in [5.41, 5.74) is 0.303. The highest BCUT2D eigenvalue weighted by molar-refractivity contribution is 7.03. The van der Waals surface area contributed by atoms with Gasteiger partial charge in [0.15, 0.2) is 0 Å². The van der Waals surface area contributed by atoms with Gasteiger partial charge in [-0.15, -0.1) is 0 Å². The van der Waals surface area contributed by atoms with Crippen LogP contribution in [0.3, 0.4) is 0 Å². The topological polar surface area (TPSA) is 0 Å². The lowest BCUT2D eigenvalue weighted by atomic mass is 9.84. The fourth-order valence-electron chi connectivity index (χ4n) is 8.43. The Morgan fingerprint density at radius 2 is 0.725 bits per heavy atom. The molecule has 0 aliphatic heterocycles. The SMILES string of the molecule is CCCC[N+](CCCC)(CCCC)CCCC.C[C](C)C(C(C)(C)C)([Si](C)(C)C(C)(C)C)[Si](C)(C)C(C)(C)C.[F-]. The lowest BCUT2D eigenvalue weighted by Crippen LogP contribution is -3.00. The van der Waals surface area contributed by atoms with Crippen LogP contribution in [0.1, 0.15) is 155 Å². The van der Waals surface area contributed by atoms with Crippen LogP contribution in [-0.2, 0) is 0 Å². The van der Waals surface area contributed by atoms with Crippen molar-refractivity contribution in [2.75, 3.05) is 26.2 Å². The molecule has 0 aromatic carbocycles. The van der Waals surface area contributed by atoms with E-state index in [1.54, 1.807) is 5.92 Å². The fourth-order valence-corrected chi connectivity index (χ4v) is 25.4. The van der Waals surface area contributed by atoms with Crippen LogP contribution in [0.5, 0.6) is 0 Å². The molecule has 0 N–H and O–H groups in total. The molecule has 0 heterocycles. The average molecular weight is 603 g/mol. The van der Waals surface area contributed by atoms with E-state index in [2.05, 4.69) is 130 Å². The number of unbranched alkanes of at least 4 members (excludes halogenated alkanes) is 4. The zero-order valence-corrected chi connectivity index (χ0v) is 33.8. The van der Waals surface area contributed by atoms with Gasteiger partial charge in [-0.05, 0) is 51.8 Å². The molecule has 0 aliphatic carbocycles. The Hall–Kier alpha value is 0.324. The molecule has 0 spiro atoms. The van der Waals surface area contributed by atoms with Crippen molar-refractivity contribution in [3.63, 3.8) is 0 Å². The molecule has 0 aromatic rings. The second kappa shape index (κ2) is 17.6. The third-order valence-electron chi connectivity index (χ3n) is 11.4. The van der Waals surface area contributed by atoms with Crippen LogP contribution >= 0.6 is 0 Å². The minimum atomic E-state index is -1.60. The Bertz CT molecular complexity index is 584. The summed E-state index contributed by atoms with van der Waals surface area (Å²) in [4.78, 5) is 0. The molecule has 0 amide bonds. The number of nitrogens with zero attached hydrogens (tertiary/aromatic N) is 1. The largest absolute Gasteiger partial charge is 1.00 e. The molecule has 40 heavy (non-hydrogen) atoms. The zero-order chi connectivity index (χ0) is 31.6. The summed E-state index contributed by atoms with van der Waals surface area (Å²) in [5, 5.41) is 0.792. The second-order valence-corrected chi connectivity index (χ2v) is 28.9. The maximum atomic E-state index is 2.67. The fraction of sp³-hybridized carbons (Fsp3) is 0.972. The molecule has 0 aromatic heterocycles. The number of hydrogen-bond acceptors (Lipinski definition) is 0. The Morgan fingerprint density at radius 1 is 0.500 bits per heavy atom. The Kier molecular flexibility index (Phi) is 19.7. The first-order valence-corrected chi connectivity index (χ1v) is 23.1. The molecule has 0 fully saturated rings. The van der Waals surface area contributed by atoms with Crippen molar-refractivity contribution in [1.82, 2.24) is 0 Å². The smallest absolute Gasteiger partial charge is 0.0786 e. The predicted octanol–water partition coefficient (Wildman–Crippen LogP) is 9.95. The number of rotatable bonds is 15. The summed E-state index contributed by atoms with van der Waals surface area (Å²) >= 11 is 0. The van der Waals surface area contributed by atoms with Crippen molar-refractivity contribution < 1.29 is 9.19 Å². The molecule has 0 saturated carbocycles. The third kappa shape index (κ3) is 10.5. The third-order valence-corrected chi connectivity index (χ3v) is 28.9. The first kappa shape index (κ1) is 44.8. The summed E-state index contributed by atoms with van der Waals surface area (Å²) < 4.78 is 1.81. The molecule has 0 unspecified atom stereocenters. The standard InChI is InChI=1S/C20H45Si2.C16H36N.FH/c1-16(2)20(17(3,4)5,21(12,13)18(6,7)8)22(14,15)19(9,10)11;1-5-9-13-17(14-10-6-2,15-11-7-3)16-12-8-4;/h1-15H3;5-16H2,1-4H3;1H/q;+1;/p-1. The molecule has 1 radical (unpaired) electrons. The minimum absolute atomic E-state index is 0. The maximum absolute atomic E-state index is 2.67. The number of hydrogen-bond donors (Lipinski definition) is 0. The van der Waals surface area contributed by atoms with Crippen molar-refractivity contribution in [2.45, 2.75) is 196 Å². The van der Waals surface area contributed by atoms with Crippen LogP contribution in [-0.4, -0.2) is 46.8 Å². The van der Waals surface area contributed by atoms with Crippen LogP contribution in [0.25, 0.3) is 0 Å². The molecule has 245 valence electrons.